The zero-order chi connectivity index (χ0) is 10.7. The fourth-order valence-electron chi connectivity index (χ4n) is 1.03. The third-order valence-electron chi connectivity index (χ3n) is 1.79. The van der Waals surface area contributed by atoms with E-state index in [1.807, 2.05) is 6.92 Å². The molecule has 0 saturated carbocycles. The van der Waals surface area contributed by atoms with E-state index >= 15 is 0 Å². The molecule has 0 aliphatic heterocycles. The summed E-state index contributed by atoms with van der Waals surface area (Å²) in [7, 11) is 0. The van der Waals surface area contributed by atoms with Gasteiger partial charge in [0, 0.05) is 12.6 Å². The third-order valence-corrected chi connectivity index (χ3v) is 1.79. The molecule has 14 heavy (non-hydrogen) atoms. The van der Waals surface area contributed by atoms with Crippen molar-refractivity contribution < 1.29 is 9.59 Å². The first-order valence-corrected chi connectivity index (χ1v) is 4.27. The summed E-state index contributed by atoms with van der Waals surface area (Å²) in [6, 6.07) is 3.52. The fourth-order valence-corrected chi connectivity index (χ4v) is 1.03. The molecule has 4 heteroatoms. The van der Waals surface area contributed by atoms with Crippen LogP contribution in [-0.4, -0.2) is 16.7 Å². The van der Waals surface area contributed by atoms with Gasteiger partial charge in [-0.2, -0.15) is 0 Å². The number of nitrogens with one attached hydrogen (secondary N) is 1. The molecule has 0 fully saturated rings. The molecule has 74 valence electrons. The van der Waals surface area contributed by atoms with E-state index in [2.05, 4.69) is 10.3 Å². The Morgan fingerprint density at radius 1 is 1.29 bits per heavy atom. The second-order valence-electron chi connectivity index (χ2n) is 3.10. The number of ketones is 1. The van der Waals surface area contributed by atoms with Crippen molar-refractivity contribution >= 4 is 17.4 Å². The monoisotopic (exact) mass is 192 g/mol. The van der Waals surface area contributed by atoms with E-state index in [0.29, 0.717) is 11.4 Å². The van der Waals surface area contributed by atoms with Gasteiger partial charge in [-0.15, -0.1) is 0 Å². The summed E-state index contributed by atoms with van der Waals surface area (Å²) in [5, 5.41) is 2.49. The highest BCUT2D eigenvalue weighted by Crippen LogP contribution is 2.12. The van der Waals surface area contributed by atoms with E-state index in [1.54, 1.807) is 19.1 Å². The van der Waals surface area contributed by atoms with E-state index < -0.39 is 11.7 Å². The highest BCUT2D eigenvalue weighted by molar-refractivity contribution is 6.39. The number of aromatic nitrogens is 1. The second-order valence-corrected chi connectivity index (χ2v) is 3.10. The quantitative estimate of drug-likeness (QED) is 0.717. The molecule has 0 radical (unpaired) electrons. The van der Waals surface area contributed by atoms with Gasteiger partial charge in [-0.05, 0) is 26.0 Å². The van der Waals surface area contributed by atoms with Gasteiger partial charge in [0.25, 0.3) is 5.91 Å². The Hall–Kier alpha value is -1.71. The topological polar surface area (TPSA) is 59.1 Å². The fraction of sp³-hybridized carbons (Fsp3) is 0.300. The van der Waals surface area contributed by atoms with E-state index in [0.717, 1.165) is 5.69 Å². The lowest BCUT2D eigenvalue weighted by Crippen LogP contribution is -2.20. The zero-order valence-electron chi connectivity index (χ0n) is 8.42. The van der Waals surface area contributed by atoms with Crippen LogP contribution < -0.4 is 5.32 Å². The van der Waals surface area contributed by atoms with Crippen LogP contribution in [0.5, 0.6) is 0 Å². The van der Waals surface area contributed by atoms with Crippen LogP contribution in [0.3, 0.4) is 0 Å². The number of hydrogen-bond acceptors (Lipinski definition) is 3. The molecule has 0 spiro atoms. The van der Waals surface area contributed by atoms with E-state index in [-0.39, 0.29) is 0 Å². The van der Waals surface area contributed by atoms with Gasteiger partial charge in [-0.25, -0.2) is 0 Å². The molecule has 0 unspecified atom stereocenters. The number of pyridine rings is 1. The number of carbonyl (C=O) groups excluding carboxylic acids is 2. The van der Waals surface area contributed by atoms with Gasteiger partial charge >= 0.3 is 0 Å². The van der Waals surface area contributed by atoms with Crippen molar-refractivity contribution in [1.82, 2.24) is 4.98 Å². The number of aryl methyl sites for hydroxylation is 2. The van der Waals surface area contributed by atoms with Crippen LogP contribution in [0.4, 0.5) is 5.69 Å². The molecule has 1 aromatic heterocycles. The van der Waals surface area contributed by atoms with Crippen molar-refractivity contribution in [2.24, 2.45) is 0 Å². The minimum Gasteiger partial charge on any atom is -0.318 e. The highest BCUT2D eigenvalue weighted by atomic mass is 16.2. The molecule has 0 atom stereocenters. The first-order chi connectivity index (χ1) is 6.50. The van der Waals surface area contributed by atoms with E-state index in [9.17, 15) is 9.59 Å². The lowest BCUT2D eigenvalue weighted by Gasteiger charge is -2.06. The maximum absolute atomic E-state index is 11.1. The molecule has 4 nitrogen and oxygen atoms in total. The first kappa shape index (κ1) is 10.4. The van der Waals surface area contributed by atoms with Crippen LogP contribution in [-0.2, 0) is 9.59 Å². The van der Waals surface area contributed by atoms with Gasteiger partial charge in [0.05, 0.1) is 11.4 Å². The van der Waals surface area contributed by atoms with Crippen molar-refractivity contribution in [2.75, 3.05) is 5.32 Å². The Morgan fingerprint density at radius 2 is 1.93 bits per heavy atom. The SMILES string of the molecule is CC(=O)C(=O)Nc1ccc(C)nc1C. The largest absolute Gasteiger partial charge is 0.318 e. The Balaban J connectivity index is 2.87. The predicted octanol–water partition coefficient (Wildman–Crippen LogP) is 1.23. The molecule has 0 bridgehead atoms. The lowest BCUT2D eigenvalue weighted by molar-refractivity contribution is -0.133. The molecule has 0 aliphatic carbocycles. The minimum absolute atomic E-state index is 0.509. The molecule has 1 rings (SSSR count). The summed E-state index contributed by atoms with van der Waals surface area (Å²) in [5.41, 5.74) is 2.17. The van der Waals surface area contributed by atoms with Crippen molar-refractivity contribution in [3.63, 3.8) is 0 Å². The van der Waals surface area contributed by atoms with Gasteiger partial charge in [-0.1, -0.05) is 0 Å². The predicted molar refractivity (Wildman–Crippen MR) is 53.0 cm³/mol. The van der Waals surface area contributed by atoms with Gasteiger partial charge in [0.15, 0.2) is 0 Å². The Bertz CT molecular complexity index is 386. The summed E-state index contributed by atoms with van der Waals surface area (Å²) in [5.74, 6) is -1.12. The number of Topliss-reactive ketones (excluding diaryl/α,β-unsaturated/α-hetero) is 1. The summed E-state index contributed by atoms with van der Waals surface area (Å²) in [6.45, 7) is 4.87. The third kappa shape index (κ3) is 2.39. The second kappa shape index (κ2) is 4.00. The lowest BCUT2D eigenvalue weighted by atomic mass is 10.2. The molecular weight excluding hydrogens is 180 g/mol. The average Bonchev–Trinajstić information content (AvgIpc) is 2.09. The van der Waals surface area contributed by atoms with Crippen LogP contribution in [0.2, 0.25) is 0 Å². The molecule has 0 saturated heterocycles. The summed E-state index contributed by atoms with van der Waals surface area (Å²) in [4.78, 5) is 25.9. The van der Waals surface area contributed by atoms with Crippen LogP contribution in [0.1, 0.15) is 18.3 Å². The van der Waals surface area contributed by atoms with Crippen molar-refractivity contribution in [1.29, 1.82) is 0 Å². The number of rotatable bonds is 2. The van der Waals surface area contributed by atoms with Gasteiger partial charge in [0.1, 0.15) is 0 Å². The number of hydrogen-bond donors (Lipinski definition) is 1. The average molecular weight is 192 g/mol. The van der Waals surface area contributed by atoms with Crippen molar-refractivity contribution in [3.05, 3.63) is 23.5 Å². The molecule has 1 heterocycles. The van der Waals surface area contributed by atoms with Crippen LogP contribution >= 0.6 is 0 Å². The first-order valence-electron chi connectivity index (χ1n) is 4.27. The normalized spacial score (nSPS) is 9.64. The zero-order valence-corrected chi connectivity index (χ0v) is 8.42. The molecule has 1 amide bonds. The van der Waals surface area contributed by atoms with Crippen LogP contribution in [0.25, 0.3) is 0 Å². The Labute approximate surface area is 82.3 Å². The summed E-state index contributed by atoms with van der Waals surface area (Å²) < 4.78 is 0. The maximum Gasteiger partial charge on any atom is 0.291 e. The van der Waals surface area contributed by atoms with Crippen molar-refractivity contribution in [2.45, 2.75) is 20.8 Å². The van der Waals surface area contributed by atoms with E-state index in [4.69, 9.17) is 0 Å². The number of amides is 1. The summed E-state index contributed by atoms with van der Waals surface area (Å²) >= 11 is 0. The Morgan fingerprint density at radius 3 is 2.43 bits per heavy atom. The van der Waals surface area contributed by atoms with Crippen LogP contribution in [0.15, 0.2) is 12.1 Å². The van der Waals surface area contributed by atoms with E-state index in [1.165, 1.54) is 6.92 Å². The molecule has 1 N–H and O–H groups in total. The smallest absolute Gasteiger partial charge is 0.291 e. The minimum atomic E-state index is -0.612. The standard InChI is InChI=1S/C10H12N2O2/c1-6-4-5-9(7(2)11-6)12-10(14)8(3)13/h4-5H,1-3H3,(H,12,14). The molecule has 0 aliphatic rings. The molecule has 0 aromatic carbocycles. The number of anilines is 1. The summed E-state index contributed by atoms with van der Waals surface area (Å²) in [6.07, 6.45) is 0. The number of carbonyl (C=O) groups is 2. The van der Waals surface area contributed by atoms with Crippen LogP contribution in [0, 0.1) is 13.8 Å². The van der Waals surface area contributed by atoms with Crippen molar-refractivity contribution in [3.8, 4) is 0 Å². The molecular formula is C10H12N2O2. The number of nitrogens with zero attached hydrogens (tertiary/aromatic N) is 1. The Kier molecular flexibility index (Phi) is 2.96. The van der Waals surface area contributed by atoms with Gasteiger partial charge in [0.2, 0.25) is 5.78 Å². The maximum atomic E-state index is 11.1. The highest BCUT2D eigenvalue weighted by Gasteiger charge is 2.09. The van der Waals surface area contributed by atoms with Gasteiger partial charge in [-0.3, -0.25) is 14.6 Å². The molecule has 1 aromatic rings. The van der Waals surface area contributed by atoms with Gasteiger partial charge < -0.3 is 5.32 Å².